The Morgan fingerprint density at radius 1 is 1.06 bits per heavy atom. The van der Waals surface area contributed by atoms with Crippen LogP contribution in [0.4, 0.5) is 5.69 Å². The highest BCUT2D eigenvalue weighted by atomic mass is 32.1. The van der Waals surface area contributed by atoms with Crippen LogP contribution in [0.15, 0.2) is 72.1 Å². The molecule has 0 saturated carbocycles. The van der Waals surface area contributed by atoms with Crippen LogP contribution in [0.1, 0.15) is 45.5 Å². The van der Waals surface area contributed by atoms with Gasteiger partial charge in [-0.2, -0.15) is 0 Å². The molecule has 2 amide bonds. The van der Waals surface area contributed by atoms with Crippen molar-refractivity contribution in [2.75, 3.05) is 18.5 Å². The van der Waals surface area contributed by atoms with Crippen molar-refractivity contribution in [2.45, 2.75) is 31.9 Å². The molecule has 3 heterocycles. The molecule has 4 aromatic rings. The minimum absolute atomic E-state index is 0.131. The Kier molecular flexibility index (Phi) is 6.22. The number of benzene rings is 2. The molecule has 0 unspecified atom stereocenters. The van der Waals surface area contributed by atoms with Crippen molar-refractivity contribution in [1.29, 1.82) is 0 Å². The number of aromatic nitrogens is 1. The average Bonchev–Trinajstić information content (AvgIpc) is 3.59. The fourth-order valence-corrected chi connectivity index (χ4v) is 5.03. The standard InChI is InChI=1S/C27H27N3O3S/c1-27(12-6-13-33-27)18-28-25(31)23-16-20-15-21(29-26(32)24-9-5-14-34-24)10-11-22(20)30(23)17-19-7-3-2-4-8-19/h2-5,7-11,14-16H,6,12-13,17-18H2,1H3,(H,28,31)(H,29,32)/t27-/m0/s1. The van der Waals surface area contributed by atoms with Gasteiger partial charge in [0.2, 0.25) is 0 Å². The van der Waals surface area contributed by atoms with Gasteiger partial charge in [0.1, 0.15) is 5.69 Å². The Labute approximate surface area is 202 Å². The maximum atomic E-state index is 13.3. The lowest BCUT2D eigenvalue weighted by molar-refractivity contribution is 0.0205. The highest BCUT2D eigenvalue weighted by molar-refractivity contribution is 7.12. The second-order valence-corrected chi connectivity index (χ2v) is 9.84. The van der Waals surface area contributed by atoms with Crippen LogP contribution in [-0.2, 0) is 11.3 Å². The number of nitrogens with zero attached hydrogens (tertiary/aromatic N) is 1. The van der Waals surface area contributed by atoms with Crippen LogP contribution in [0.2, 0.25) is 0 Å². The molecule has 2 aromatic heterocycles. The van der Waals surface area contributed by atoms with Crippen molar-refractivity contribution in [3.8, 4) is 0 Å². The number of thiophene rings is 1. The zero-order chi connectivity index (χ0) is 23.5. The van der Waals surface area contributed by atoms with Crippen molar-refractivity contribution in [3.63, 3.8) is 0 Å². The fraction of sp³-hybridized carbons (Fsp3) is 0.259. The number of hydrogen-bond acceptors (Lipinski definition) is 4. The zero-order valence-electron chi connectivity index (χ0n) is 19.0. The number of amides is 2. The van der Waals surface area contributed by atoms with Gasteiger partial charge in [0.15, 0.2) is 0 Å². The monoisotopic (exact) mass is 473 g/mol. The summed E-state index contributed by atoms with van der Waals surface area (Å²) in [6.45, 7) is 3.82. The highest BCUT2D eigenvalue weighted by Crippen LogP contribution is 2.27. The van der Waals surface area contributed by atoms with Gasteiger partial charge in [-0.3, -0.25) is 9.59 Å². The molecule has 2 N–H and O–H groups in total. The summed E-state index contributed by atoms with van der Waals surface area (Å²) in [7, 11) is 0. The topological polar surface area (TPSA) is 72.4 Å². The molecule has 0 bridgehead atoms. The molecular formula is C27H27N3O3S. The molecular weight excluding hydrogens is 446 g/mol. The van der Waals surface area contributed by atoms with Gasteiger partial charge in [-0.25, -0.2) is 0 Å². The van der Waals surface area contributed by atoms with Crippen LogP contribution in [0.3, 0.4) is 0 Å². The lowest BCUT2D eigenvalue weighted by atomic mass is 10.0. The van der Waals surface area contributed by atoms with E-state index in [0.717, 1.165) is 35.9 Å². The van der Waals surface area contributed by atoms with Crippen LogP contribution in [0, 0.1) is 0 Å². The minimum atomic E-state index is -0.314. The molecule has 1 aliphatic heterocycles. The van der Waals surface area contributed by atoms with Gasteiger partial charge in [0, 0.05) is 36.3 Å². The van der Waals surface area contributed by atoms with Crippen LogP contribution in [0.5, 0.6) is 0 Å². The smallest absolute Gasteiger partial charge is 0.268 e. The van der Waals surface area contributed by atoms with Crippen LogP contribution in [0.25, 0.3) is 10.9 Å². The first kappa shape index (κ1) is 22.4. The van der Waals surface area contributed by atoms with Gasteiger partial charge in [0.05, 0.1) is 10.5 Å². The molecule has 7 heteroatoms. The molecule has 34 heavy (non-hydrogen) atoms. The maximum absolute atomic E-state index is 13.3. The van der Waals surface area contributed by atoms with Gasteiger partial charge in [0.25, 0.3) is 11.8 Å². The van der Waals surface area contributed by atoms with Crippen LogP contribution in [-0.4, -0.2) is 35.1 Å². The number of nitrogens with one attached hydrogen (secondary N) is 2. The first-order chi connectivity index (χ1) is 16.5. The fourth-order valence-electron chi connectivity index (χ4n) is 4.41. The second-order valence-electron chi connectivity index (χ2n) is 8.89. The lowest BCUT2D eigenvalue weighted by Crippen LogP contribution is -2.40. The third kappa shape index (κ3) is 4.76. The molecule has 1 aliphatic rings. The quantitative estimate of drug-likeness (QED) is 0.382. The summed E-state index contributed by atoms with van der Waals surface area (Å²) in [6.07, 6.45) is 1.95. The number of rotatable bonds is 7. The summed E-state index contributed by atoms with van der Waals surface area (Å²) in [5, 5.41) is 8.81. The molecule has 1 saturated heterocycles. The Hall–Kier alpha value is -3.42. The average molecular weight is 474 g/mol. The lowest BCUT2D eigenvalue weighted by Gasteiger charge is -2.23. The normalized spacial score (nSPS) is 17.7. The number of ether oxygens (including phenoxy) is 1. The van der Waals surface area contributed by atoms with E-state index in [1.54, 1.807) is 6.07 Å². The Balaban J connectivity index is 1.45. The molecule has 1 fully saturated rings. The molecule has 2 aromatic carbocycles. The first-order valence-corrected chi connectivity index (χ1v) is 12.3. The maximum Gasteiger partial charge on any atom is 0.268 e. The van der Waals surface area contributed by atoms with Crippen molar-refractivity contribution in [1.82, 2.24) is 9.88 Å². The van der Waals surface area contributed by atoms with E-state index < -0.39 is 0 Å². The second kappa shape index (κ2) is 9.44. The Bertz CT molecular complexity index is 1310. The van der Waals surface area contributed by atoms with Crippen molar-refractivity contribution in [2.24, 2.45) is 0 Å². The van der Waals surface area contributed by atoms with Crippen molar-refractivity contribution >= 4 is 39.7 Å². The number of hydrogen-bond donors (Lipinski definition) is 2. The summed E-state index contributed by atoms with van der Waals surface area (Å²) < 4.78 is 7.86. The Morgan fingerprint density at radius 3 is 2.65 bits per heavy atom. The van der Waals surface area contributed by atoms with Gasteiger partial charge in [-0.1, -0.05) is 36.4 Å². The molecule has 6 nitrogen and oxygen atoms in total. The number of carbonyl (C=O) groups excluding carboxylic acids is 2. The van der Waals surface area contributed by atoms with Crippen molar-refractivity contribution in [3.05, 3.63) is 88.2 Å². The highest BCUT2D eigenvalue weighted by Gasteiger charge is 2.30. The third-order valence-corrected chi connectivity index (χ3v) is 7.11. The first-order valence-electron chi connectivity index (χ1n) is 11.4. The molecule has 0 aliphatic carbocycles. The molecule has 174 valence electrons. The van der Waals surface area contributed by atoms with E-state index in [2.05, 4.69) is 22.8 Å². The van der Waals surface area contributed by atoms with Gasteiger partial charge >= 0.3 is 0 Å². The van der Waals surface area contributed by atoms with Gasteiger partial charge < -0.3 is 19.9 Å². The predicted molar refractivity (Wildman–Crippen MR) is 136 cm³/mol. The largest absolute Gasteiger partial charge is 0.373 e. The SMILES string of the molecule is C[C@@]1(CNC(=O)c2cc3cc(NC(=O)c4cccs4)ccc3n2Cc2ccccc2)CCCO1. The number of anilines is 1. The molecule has 0 spiro atoms. The van der Waals surface area contributed by atoms with E-state index in [1.165, 1.54) is 11.3 Å². The predicted octanol–water partition coefficient (Wildman–Crippen LogP) is 5.30. The summed E-state index contributed by atoms with van der Waals surface area (Å²) in [5.41, 5.74) is 3.01. The van der Waals surface area contributed by atoms with Crippen LogP contribution >= 0.6 is 11.3 Å². The molecule has 0 radical (unpaired) electrons. The summed E-state index contributed by atoms with van der Waals surface area (Å²) in [6, 6.07) is 21.4. The number of fused-ring (bicyclic) bond motifs is 1. The zero-order valence-corrected chi connectivity index (χ0v) is 19.9. The minimum Gasteiger partial charge on any atom is -0.373 e. The number of carbonyl (C=O) groups is 2. The van der Waals surface area contributed by atoms with Gasteiger partial charge in [-0.15, -0.1) is 11.3 Å². The van der Waals surface area contributed by atoms with Crippen LogP contribution < -0.4 is 10.6 Å². The van der Waals surface area contributed by atoms with E-state index in [9.17, 15) is 9.59 Å². The summed E-state index contributed by atoms with van der Waals surface area (Å²) >= 11 is 1.40. The summed E-state index contributed by atoms with van der Waals surface area (Å²) in [5.74, 6) is -0.270. The molecule has 1 atom stereocenters. The van der Waals surface area contributed by atoms with E-state index in [0.29, 0.717) is 29.3 Å². The summed E-state index contributed by atoms with van der Waals surface area (Å²) in [4.78, 5) is 26.4. The van der Waals surface area contributed by atoms with E-state index in [-0.39, 0.29) is 17.4 Å². The molecule has 5 rings (SSSR count). The van der Waals surface area contributed by atoms with E-state index in [1.807, 2.05) is 65.4 Å². The van der Waals surface area contributed by atoms with Gasteiger partial charge in [-0.05, 0) is 61.0 Å². The van der Waals surface area contributed by atoms with E-state index in [4.69, 9.17) is 4.74 Å². The third-order valence-electron chi connectivity index (χ3n) is 6.24. The van der Waals surface area contributed by atoms with Crippen molar-refractivity contribution < 1.29 is 14.3 Å². The van der Waals surface area contributed by atoms with E-state index >= 15 is 0 Å². The Morgan fingerprint density at radius 2 is 1.91 bits per heavy atom.